The average Bonchev–Trinajstić information content (AvgIpc) is 2.41. The molecule has 1 aromatic carbocycles. The van der Waals surface area contributed by atoms with Gasteiger partial charge in [-0.2, -0.15) is 0 Å². The molecule has 1 saturated heterocycles. The van der Waals surface area contributed by atoms with Crippen molar-refractivity contribution in [3.8, 4) is 0 Å². The molecule has 0 saturated carbocycles. The van der Waals surface area contributed by atoms with Gasteiger partial charge >= 0.3 is 6.09 Å². The maximum absolute atomic E-state index is 11.6. The SMILES string of the molecule is CC1CNCC(COC(=O)Nc2ccc(Cl)c(Cl)c2)O1. The zero-order valence-electron chi connectivity index (χ0n) is 11.0. The summed E-state index contributed by atoms with van der Waals surface area (Å²) in [6, 6.07) is 4.82. The van der Waals surface area contributed by atoms with Gasteiger partial charge in [-0.15, -0.1) is 0 Å². The van der Waals surface area contributed by atoms with E-state index in [0.717, 1.165) is 6.54 Å². The van der Waals surface area contributed by atoms with E-state index in [1.165, 1.54) is 0 Å². The van der Waals surface area contributed by atoms with Crippen molar-refractivity contribution in [3.05, 3.63) is 28.2 Å². The number of benzene rings is 1. The first-order valence-corrected chi connectivity index (χ1v) is 7.05. The third kappa shape index (κ3) is 4.52. The summed E-state index contributed by atoms with van der Waals surface area (Å²) < 4.78 is 10.7. The lowest BCUT2D eigenvalue weighted by Crippen LogP contribution is -2.45. The quantitative estimate of drug-likeness (QED) is 0.899. The number of ether oxygens (including phenoxy) is 2. The summed E-state index contributed by atoms with van der Waals surface area (Å²) in [5, 5.41) is 6.59. The smallest absolute Gasteiger partial charge is 0.411 e. The van der Waals surface area contributed by atoms with E-state index >= 15 is 0 Å². The van der Waals surface area contributed by atoms with E-state index in [1.54, 1.807) is 18.2 Å². The van der Waals surface area contributed by atoms with Gasteiger partial charge in [0.15, 0.2) is 0 Å². The molecule has 20 heavy (non-hydrogen) atoms. The summed E-state index contributed by atoms with van der Waals surface area (Å²) in [4.78, 5) is 11.6. The normalized spacial score (nSPS) is 22.4. The second-order valence-electron chi connectivity index (χ2n) is 4.58. The zero-order valence-corrected chi connectivity index (χ0v) is 12.5. The predicted molar refractivity (Wildman–Crippen MR) is 78.6 cm³/mol. The molecule has 0 radical (unpaired) electrons. The van der Waals surface area contributed by atoms with Crippen LogP contribution in [0.4, 0.5) is 10.5 Å². The zero-order chi connectivity index (χ0) is 14.5. The van der Waals surface area contributed by atoms with Crippen molar-refractivity contribution in [2.45, 2.75) is 19.1 Å². The van der Waals surface area contributed by atoms with Gasteiger partial charge in [0.25, 0.3) is 0 Å². The van der Waals surface area contributed by atoms with Crippen molar-refractivity contribution in [1.29, 1.82) is 0 Å². The highest BCUT2D eigenvalue weighted by Gasteiger charge is 2.20. The second kappa shape index (κ2) is 7.13. The molecule has 0 aliphatic carbocycles. The molecule has 0 bridgehead atoms. The van der Waals surface area contributed by atoms with Crippen molar-refractivity contribution in [1.82, 2.24) is 5.32 Å². The minimum Gasteiger partial charge on any atom is -0.446 e. The standard InChI is InChI=1S/C13H16Cl2N2O3/c1-8-5-16-6-10(20-8)7-19-13(18)17-9-2-3-11(14)12(15)4-9/h2-4,8,10,16H,5-7H2,1H3,(H,17,18). The third-order valence-corrected chi connectivity index (χ3v) is 3.53. The molecule has 1 aromatic rings. The Morgan fingerprint density at radius 3 is 2.95 bits per heavy atom. The predicted octanol–water partition coefficient (Wildman–Crippen LogP) is 2.92. The molecular formula is C13H16Cl2N2O3. The highest BCUT2D eigenvalue weighted by molar-refractivity contribution is 6.42. The lowest BCUT2D eigenvalue weighted by atomic mass is 10.2. The number of carbonyl (C=O) groups excluding carboxylic acids is 1. The largest absolute Gasteiger partial charge is 0.446 e. The Bertz CT molecular complexity index is 485. The molecule has 1 amide bonds. The molecule has 2 unspecified atom stereocenters. The molecule has 0 spiro atoms. The highest BCUT2D eigenvalue weighted by atomic mass is 35.5. The van der Waals surface area contributed by atoms with Crippen molar-refractivity contribution in [3.63, 3.8) is 0 Å². The van der Waals surface area contributed by atoms with Crippen LogP contribution in [-0.4, -0.2) is 38.0 Å². The fourth-order valence-electron chi connectivity index (χ4n) is 1.87. The molecule has 7 heteroatoms. The Morgan fingerprint density at radius 1 is 1.45 bits per heavy atom. The summed E-state index contributed by atoms with van der Waals surface area (Å²) >= 11 is 11.7. The molecule has 1 heterocycles. The van der Waals surface area contributed by atoms with E-state index in [1.807, 2.05) is 6.92 Å². The van der Waals surface area contributed by atoms with Crippen molar-refractivity contribution in [2.75, 3.05) is 25.0 Å². The van der Waals surface area contributed by atoms with Crippen molar-refractivity contribution in [2.24, 2.45) is 0 Å². The van der Waals surface area contributed by atoms with E-state index in [2.05, 4.69) is 10.6 Å². The number of carbonyl (C=O) groups is 1. The highest BCUT2D eigenvalue weighted by Crippen LogP contribution is 2.25. The van der Waals surface area contributed by atoms with Crippen molar-refractivity contribution >= 4 is 35.0 Å². The average molecular weight is 319 g/mol. The van der Waals surface area contributed by atoms with Gasteiger partial charge in [-0.1, -0.05) is 23.2 Å². The summed E-state index contributed by atoms with van der Waals surface area (Å²) in [5.74, 6) is 0. The molecule has 1 fully saturated rings. The number of nitrogens with one attached hydrogen (secondary N) is 2. The van der Waals surface area contributed by atoms with Gasteiger partial charge in [0.05, 0.1) is 16.1 Å². The number of hydrogen-bond donors (Lipinski definition) is 2. The van der Waals surface area contributed by atoms with Crippen LogP contribution in [0.15, 0.2) is 18.2 Å². The van der Waals surface area contributed by atoms with Crippen LogP contribution < -0.4 is 10.6 Å². The molecule has 0 aromatic heterocycles. The maximum atomic E-state index is 11.6. The Balaban J connectivity index is 1.78. The number of morpholine rings is 1. The third-order valence-electron chi connectivity index (χ3n) is 2.79. The van der Waals surface area contributed by atoms with Gasteiger partial charge in [0, 0.05) is 18.8 Å². The van der Waals surface area contributed by atoms with Crippen molar-refractivity contribution < 1.29 is 14.3 Å². The van der Waals surface area contributed by atoms with Crippen LogP contribution in [0.5, 0.6) is 0 Å². The number of rotatable bonds is 3. The first-order chi connectivity index (χ1) is 9.54. The van der Waals surface area contributed by atoms with Crippen LogP contribution in [0.25, 0.3) is 0 Å². The first-order valence-electron chi connectivity index (χ1n) is 6.29. The van der Waals surface area contributed by atoms with Crippen LogP contribution >= 0.6 is 23.2 Å². The van der Waals surface area contributed by atoms with Crippen LogP contribution in [0.3, 0.4) is 0 Å². The molecule has 2 rings (SSSR count). The van der Waals surface area contributed by atoms with Gasteiger partial charge in [-0.05, 0) is 25.1 Å². The monoisotopic (exact) mass is 318 g/mol. The number of halogens is 2. The molecule has 1 aliphatic rings. The summed E-state index contributed by atoms with van der Waals surface area (Å²) in [7, 11) is 0. The van der Waals surface area contributed by atoms with Crippen LogP contribution in [-0.2, 0) is 9.47 Å². The number of anilines is 1. The summed E-state index contributed by atoms with van der Waals surface area (Å²) in [6.07, 6.45) is -0.556. The van der Waals surface area contributed by atoms with E-state index in [4.69, 9.17) is 32.7 Å². The van der Waals surface area contributed by atoms with E-state index in [0.29, 0.717) is 22.3 Å². The van der Waals surface area contributed by atoms with E-state index < -0.39 is 6.09 Å². The van der Waals surface area contributed by atoms with E-state index in [9.17, 15) is 4.79 Å². The fourth-order valence-corrected chi connectivity index (χ4v) is 2.17. The molecule has 1 aliphatic heterocycles. The topological polar surface area (TPSA) is 59.6 Å². The van der Waals surface area contributed by atoms with E-state index in [-0.39, 0.29) is 18.8 Å². The molecular weight excluding hydrogens is 303 g/mol. The number of amides is 1. The Kier molecular flexibility index (Phi) is 5.48. The van der Waals surface area contributed by atoms with Gasteiger partial charge in [-0.3, -0.25) is 5.32 Å². The lowest BCUT2D eigenvalue weighted by molar-refractivity contribution is -0.0533. The molecule has 2 atom stereocenters. The fraction of sp³-hybridized carbons (Fsp3) is 0.462. The van der Waals surface area contributed by atoms with Gasteiger partial charge in [-0.25, -0.2) is 4.79 Å². The minimum atomic E-state index is -0.551. The molecule has 5 nitrogen and oxygen atoms in total. The van der Waals surface area contributed by atoms with Gasteiger partial charge in [0.1, 0.15) is 12.7 Å². The van der Waals surface area contributed by atoms with Crippen LogP contribution in [0, 0.1) is 0 Å². The first kappa shape index (κ1) is 15.4. The summed E-state index contributed by atoms with van der Waals surface area (Å²) in [5.41, 5.74) is 0.528. The second-order valence-corrected chi connectivity index (χ2v) is 5.39. The lowest BCUT2D eigenvalue weighted by Gasteiger charge is -2.28. The molecule has 110 valence electrons. The number of hydrogen-bond acceptors (Lipinski definition) is 4. The Hall–Kier alpha value is -1.01. The maximum Gasteiger partial charge on any atom is 0.411 e. The van der Waals surface area contributed by atoms with Gasteiger partial charge < -0.3 is 14.8 Å². The Labute approximate surface area is 127 Å². The van der Waals surface area contributed by atoms with Crippen LogP contribution in [0.2, 0.25) is 10.0 Å². The van der Waals surface area contributed by atoms with Crippen LogP contribution in [0.1, 0.15) is 6.92 Å². The van der Waals surface area contributed by atoms with Gasteiger partial charge in [0.2, 0.25) is 0 Å². The molecule has 2 N–H and O–H groups in total. The Morgan fingerprint density at radius 2 is 2.25 bits per heavy atom. The minimum absolute atomic E-state index is 0.121. The summed E-state index contributed by atoms with van der Waals surface area (Å²) in [6.45, 7) is 3.65.